The third-order valence-electron chi connectivity index (χ3n) is 2.92. The van der Waals surface area contributed by atoms with Crippen LogP contribution in [0.1, 0.15) is 34.1 Å². The van der Waals surface area contributed by atoms with E-state index in [1.165, 1.54) is 0 Å². The molecule has 0 aliphatic rings. The summed E-state index contributed by atoms with van der Waals surface area (Å²) < 4.78 is 11.5. The summed E-state index contributed by atoms with van der Waals surface area (Å²) in [6.45, 7) is 13.5. The standard InChI is InChI=1S/C12H24O2Si/c1-8-10-13-11(9-2)14-15(6,7)12(3,4)5/h1,11H,9-10H2,2-7H3. The molecule has 3 heteroatoms. The lowest BCUT2D eigenvalue weighted by molar-refractivity contribution is -0.0773. The van der Waals surface area contributed by atoms with Crippen molar-refractivity contribution in [3.8, 4) is 12.3 Å². The molecule has 15 heavy (non-hydrogen) atoms. The Labute approximate surface area is 95.5 Å². The Balaban J connectivity index is 4.35. The van der Waals surface area contributed by atoms with Crippen LogP contribution in [0.4, 0.5) is 0 Å². The van der Waals surface area contributed by atoms with Crippen LogP contribution in [0, 0.1) is 12.3 Å². The monoisotopic (exact) mass is 228 g/mol. The molecule has 0 rings (SSSR count). The van der Waals surface area contributed by atoms with Gasteiger partial charge in [0.15, 0.2) is 8.32 Å². The molecular formula is C12H24O2Si. The van der Waals surface area contributed by atoms with Crippen LogP contribution in [0.2, 0.25) is 18.1 Å². The Kier molecular flexibility index (Phi) is 5.58. The molecule has 0 aromatic heterocycles. The Morgan fingerprint density at radius 2 is 1.87 bits per heavy atom. The van der Waals surface area contributed by atoms with Crippen molar-refractivity contribution in [2.24, 2.45) is 0 Å². The molecule has 0 saturated carbocycles. The molecule has 1 unspecified atom stereocenters. The van der Waals surface area contributed by atoms with E-state index in [4.69, 9.17) is 15.6 Å². The molecule has 2 nitrogen and oxygen atoms in total. The fourth-order valence-corrected chi connectivity index (χ4v) is 2.13. The SMILES string of the molecule is C#CCOC(CC)O[Si](C)(C)C(C)(C)C. The van der Waals surface area contributed by atoms with Crippen LogP contribution in [0.25, 0.3) is 0 Å². The summed E-state index contributed by atoms with van der Waals surface area (Å²) in [6.07, 6.45) is 5.85. The van der Waals surface area contributed by atoms with Gasteiger partial charge in [-0.15, -0.1) is 6.42 Å². The Bertz CT molecular complexity index is 223. The van der Waals surface area contributed by atoms with E-state index >= 15 is 0 Å². The first kappa shape index (κ1) is 14.7. The highest BCUT2D eigenvalue weighted by Crippen LogP contribution is 2.37. The Morgan fingerprint density at radius 3 is 2.20 bits per heavy atom. The van der Waals surface area contributed by atoms with Gasteiger partial charge < -0.3 is 9.16 Å². The third-order valence-corrected chi connectivity index (χ3v) is 7.38. The van der Waals surface area contributed by atoms with Crippen molar-refractivity contribution in [2.45, 2.75) is 58.5 Å². The Morgan fingerprint density at radius 1 is 1.33 bits per heavy atom. The van der Waals surface area contributed by atoms with Crippen molar-refractivity contribution in [2.75, 3.05) is 6.61 Å². The number of ether oxygens (including phenoxy) is 1. The van der Waals surface area contributed by atoms with E-state index in [1.807, 2.05) is 6.92 Å². The first-order valence-corrected chi connectivity index (χ1v) is 8.38. The predicted molar refractivity (Wildman–Crippen MR) is 67.1 cm³/mol. The molecular weight excluding hydrogens is 204 g/mol. The summed E-state index contributed by atoms with van der Waals surface area (Å²) in [6, 6.07) is 0. The first-order chi connectivity index (χ1) is 6.74. The van der Waals surface area contributed by atoms with E-state index in [0.29, 0.717) is 6.61 Å². The minimum Gasteiger partial charge on any atom is -0.392 e. The lowest BCUT2D eigenvalue weighted by Crippen LogP contribution is -2.44. The van der Waals surface area contributed by atoms with Crippen LogP contribution in [-0.2, 0) is 9.16 Å². The van der Waals surface area contributed by atoms with Crippen molar-refractivity contribution >= 4 is 8.32 Å². The minimum absolute atomic E-state index is 0.151. The molecule has 0 fully saturated rings. The van der Waals surface area contributed by atoms with E-state index in [2.05, 4.69) is 39.8 Å². The van der Waals surface area contributed by atoms with Gasteiger partial charge in [0.25, 0.3) is 0 Å². The van der Waals surface area contributed by atoms with Gasteiger partial charge in [0.05, 0.1) is 0 Å². The smallest absolute Gasteiger partial charge is 0.195 e. The highest BCUT2D eigenvalue weighted by Gasteiger charge is 2.39. The molecule has 0 heterocycles. The van der Waals surface area contributed by atoms with Gasteiger partial charge in [-0.05, 0) is 24.6 Å². The molecule has 0 amide bonds. The second-order valence-electron chi connectivity index (χ2n) is 5.23. The third kappa shape index (κ3) is 4.83. The van der Waals surface area contributed by atoms with Gasteiger partial charge >= 0.3 is 0 Å². The van der Waals surface area contributed by atoms with Gasteiger partial charge in [-0.25, -0.2) is 0 Å². The average molecular weight is 228 g/mol. The number of terminal acetylenes is 1. The maximum absolute atomic E-state index is 6.07. The molecule has 0 aliphatic heterocycles. The average Bonchev–Trinajstić information content (AvgIpc) is 2.10. The zero-order valence-corrected chi connectivity index (χ0v) is 11.9. The fourth-order valence-electron chi connectivity index (χ4n) is 0.882. The second-order valence-corrected chi connectivity index (χ2v) is 9.99. The Hall–Kier alpha value is -0.303. The molecule has 0 aliphatic carbocycles. The summed E-state index contributed by atoms with van der Waals surface area (Å²) in [4.78, 5) is 0. The highest BCUT2D eigenvalue weighted by atomic mass is 28.4. The quantitative estimate of drug-likeness (QED) is 0.408. The first-order valence-electron chi connectivity index (χ1n) is 5.47. The molecule has 0 bridgehead atoms. The van der Waals surface area contributed by atoms with Gasteiger partial charge in [0, 0.05) is 0 Å². The second kappa shape index (κ2) is 5.69. The van der Waals surface area contributed by atoms with E-state index in [1.54, 1.807) is 0 Å². The molecule has 0 radical (unpaired) electrons. The van der Waals surface area contributed by atoms with Crippen LogP contribution >= 0.6 is 0 Å². The van der Waals surface area contributed by atoms with E-state index in [-0.39, 0.29) is 11.3 Å². The summed E-state index contributed by atoms with van der Waals surface area (Å²) >= 11 is 0. The normalized spacial score (nSPS) is 14.7. The van der Waals surface area contributed by atoms with Crippen LogP contribution in [-0.4, -0.2) is 21.2 Å². The highest BCUT2D eigenvalue weighted by molar-refractivity contribution is 6.74. The maximum atomic E-state index is 6.07. The molecule has 0 aromatic rings. The molecule has 1 atom stereocenters. The lowest BCUT2D eigenvalue weighted by Gasteiger charge is -2.38. The van der Waals surface area contributed by atoms with Crippen LogP contribution < -0.4 is 0 Å². The lowest BCUT2D eigenvalue weighted by atomic mass is 10.2. The minimum atomic E-state index is -1.73. The largest absolute Gasteiger partial charge is 0.392 e. The van der Waals surface area contributed by atoms with Crippen LogP contribution in [0.15, 0.2) is 0 Å². The molecule has 0 aromatic carbocycles. The zero-order chi connectivity index (χ0) is 12.1. The molecule has 0 saturated heterocycles. The summed E-state index contributed by atoms with van der Waals surface area (Å²) in [7, 11) is -1.73. The van der Waals surface area contributed by atoms with Gasteiger partial charge in [-0.1, -0.05) is 33.6 Å². The van der Waals surface area contributed by atoms with Crippen molar-refractivity contribution < 1.29 is 9.16 Å². The van der Waals surface area contributed by atoms with Crippen LogP contribution in [0.3, 0.4) is 0 Å². The topological polar surface area (TPSA) is 18.5 Å². The number of hydrogen-bond acceptors (Lipinski definition) is 2. The predicted octanol–water partition coefficient (Wildman–Crippen LogP) is 3.39. The summed E-state index contributed by atoms with van der Waals surface area (Å²) in [5.74, 6) is 2.47. The zero-order valence-electron chi connectivity index (χ0n) is 10.9. The maximum Gasteiger partial charge on any atom is 0.195 e. The molecule has 88 valence electrons. The van der Waals surface area contributed by atoms with Crippen molar-refractivity contribution in [3.05, 3.63) is 0 Å². The van der Waals surface area contributed by atoms with E-state index < -0.39 is 8.32 Å². The summed E-state index contributed by atoms with van der Waals surface area (Å²) in [5.41, 5.74) is 0. The van der Waals surface area contributed by atoms with Gasteiger partial charge in [0.2, 0.25) is 0 Å². The van der Waals surface area contributed by atoms with Gasteiger partial charge in [-0.3, -0.25) is 0 Å². The van der Waals surface area contributed by atoms with Crippen molar-refractivity contribution in [1.29, 1.82) is 0 Å². The van der Waals surface area contributed by atoms with Gasteiger partial charge in [-0.2, -0.15) is 0 Å². The van der Waals surface area contributed by atoms with E-state index in [0.717, 1.165) is 6.42 Å². The van der Waals surface area contributed by atoms with Crippen LogP contribution in [0.5, 0.6) is 0 Å². The summed E-state index contributed by atoms with van der Waals surface area (Å²) in [5, 5.41) is 0.208. The number of rotatable bonds is 5. The fraction of sp³-hybridized carbons (Fsp3) is 0.833. The molecule has 0 spiro atoms. The molecule has 0 N–H and O–H groups in total. The van der Waals surface area contributed by atoms with Crippen molar-refractivity contribution in [3.63, 3.8) is 0 Å². The van der Waals surface area contributed by atoms with Crippen molar-refractivity contribution in [1.82, 2.24) is 0 Å². The van der Waals surface area contributed by atoms with Gasteiger partial charge in [0.1, 0.15) is 12.9 Å². The van der Waals surface area contributed by atoms with E-state index in [9.17, 15) is 0 Å². The number of hydrogen-bond donors (Lipinski definition) is 0.